The van der Waals surface area contributed by atoms with Gasteiger partial charge in [0.15, 0.2) is 17.4 Å². The highest BCUT2D eigenvalue weighted by atomic mass is 79.9. The molecule has 0 aliphatic rings. The van der Waals surface area contributed by atoms with Gasteiger partial charge >= 0.3 is 6.03 Å². The summed E-state index contributed by atoms with van der Waals surface area (Å²) in [5, 5.41) is 4.78. The number of anilines is 1. The molecule has 0 atom stereocenters. The largest absolute Gasteiger partial charge is 0.450 e. The van der Waals surface area contributed by atoms with E-state index in [1.54, 1.807) is 0 Å². The number of rotatable bonds is 3. The summed E-state index contributed by atoms with van der Waals surface area (Å²) in [6, 6.07) is 4.25. The van der Waals surface area contributed by atoms with E-state index >= 15 is 0 Å². The number of carbonyl (C=O) groups excluding carboxylic acids is 1. The van der Waals surface area contributed by atoms with Crippen LogP contribution in [0.4, 0.5) is 19.4 Å². The maximum Gasteiger partial charge on any atom is 0.320 e. The Hall–Kier alpha value is -2.22. The van der Waals surface area contributed by atoms with Gasteiger partial charge in [-0.3, -0.25) is 5.32 Å². The summed E-state index contributed by atoms with van der Waals surface area (Å²) in [5.41, 5.74) is 0. The average molecular weight is 358 g/mol. The molecule has 8 heteroatoms. The van der Waals surface area contributed by atoms with Crippen LogP contribution in [0.5, 0.6) is 11.5 Å². The second-order valence-electron chi connectivity index (χ2n) is 3.86. The van der Waals surface area contributed by atoms with E-state index in [-0.39, 0.29) is 11.6 Å². The third-order valence-corrected chi connectivity index (χ3v) is 3.02. The van der Waals surface area contributed by atoms with Crippen LogP contribution >= 0.6 is 15.9 Å². The number of urea groups is 1. The summed E-state index contributed by atoms with van der Waals surface area (Å²) < 4.78 is 32.7. The van der Waals surface area contributed by atoms with Gasteiger partial charge in [-0.2, -0.15) is 0 Å². The SMILES string of the molecule is CNC(=O)Nc1cc(Oc2c(F)cccc2F)c(Br)cn1. The van der Waals surface area contributed by atoms with Gasteiger partial charge in [0, 0.05) is 19.3 Å². The number of benzene rings is 1. The molecular weight excluding hydrogens is 348 g/mol. The maximum absolute atomic E-state index is 13.6. The van der Waals surface area contributed by atoms with Crippen molar-refractivity contribution in [3.05, 3.63) is 46.6 Å². The van der Waals surface area contributed by atoms with E-state index < -0.39 is 23.4 Å². The van der Waals surface area contributed by atoms with Crippen molar-refractivity contribution in [1.82, 2.24) is 10.3 Å². The molecule has 21 heavy (non-hydrogen) atoms. The Morgan fingerprint density at radius 2 is 2.00 bits per heavy atom. The molecule has 0 unspecified atom stereocenters. The van der Waals surface area contributed by atoms with Crippen LogP contribution in [0.1, 0.15) is 0 Å². The second kappa shape index (κ2) is 6.49. The zero-order chi connectivity index (χ0) is 15.4. The van der Waals surface area contributed by atoms with E-state index in [0.717, 1.165) is 12.1 Å². The first-order valence-corrected chi connectivity index (χ1v) is 6.56. The molecule has 2 amide bonds. The van der Waals surface area contributed by atoms with Crippen molar-refractivity contribution in [2.24, 2.45) is 0 Å². The molecule has 0 saturated heterocycles. The molecule has 110 valence electrons. The lowest BCUT2D eigenvalue weighted by Gasteiger charge is -2.11. The lowest BCUT2D eigenvalue weighted by Crippen LogP contribution is -2.24. The van der Waals surface area contributed by atoms with Crippen molar-refractivity contribution < 1.29 is 18.3 Å². The van der Waals surface area contributed by atoms with Gasteiger partial charge < -0.3 is 10.1 Å². The molecule has 0 spiro atoms. The van der Waals surface area contributed by atoms with E-state index in [9.17, 15) is 13.6 Å². The molecule has 1 aromatic heterocycles. The monoisotopic (exact) mass is 357 g/mol. The van der Waals surface area contributed by atoms with Crippen molar-refractivity contribution in [1.29, 1.82) is 0 Å². The summed E-state index contributed by atoms with van der Waals surface area (Å²) >= 11 is 3.16. The number of nitrogens with zero attached hydrogens (tertiary/aromatic N) is 1. The maximum atomic E-state index is 13.6. The third-order valence-electron chi connectivity index (χ3n) is 2.42. The van der Waals surface area contributed by atoms with Crippen LogP contribution in [0.15, 0.2) is 34.9 Å². The summed E-state index contributed by atoms with van der Waals surface area (Å²) in [4.78, 5) is 15.1. The van der Waals surface area contributed by atoms with Crippen molar-refractivity contribution in [3.8, 4) is 11.5 Å². The van der Waals surface area contributed by atoms with Crippen LogP contribution in [0.3, 0.4) is 0 Å². The average Bonchev–Trinajstić information content (AvgIpc) is 2.46. The number of amides is 2. The number of carbonyl (C=O) groups is 1. The summed E-state index contributed by atoms with van der Waals surface area (Å²) in [6.07, 6.45) is 1.35. The molecule has 0 aliphatic carbocycles. The lowest BCUT2D eigenvalue weighted by molar-refractivity contribution is 0.254. The molecule has 5 nitrogen and oxygen atoms in total. The Bertz CT molecular complexity index is 662. The molecule has 0 fully saturated rings. The van der Waals surface area contributed by atoms with Crippen LogP contribution in [0, 0.1) is 11.6 Å². The highest BCUT2D eigenvalue weighted by molar-refractivity contribution is 9.10. The van der Waals surface area contributed by atoms with Crippen LogP contribution in [0.2, 0.25) is 0 Å². The molecule has 2 N–H and O–H groups in total. The summed E-state index contributed by atoms with van der Waals surface area (Å²) in [7, 11) is 1.44. The first kappa shape index (κ1) is 15.2. The van der Waals surface area contributed by atoms with Gasteiger partial charge in [-0.25, -0.2) is 18.6 Å². The van der Waals surface area contributed by atoms with Crippen molar-refractivity contribution in [3.63, 3.8) is 0 Å². The minimum absolute atomic E-state index is 0.111. The van der Waals surface area contributed by atoms with Crippen LogP contribution in [-0.4, -0.2) is 18.1 Å². The number of para-hydroxylation sites is 1. The quantitative estimate of drug-likeness (QED) is 0.880. The number of pyridine rings is 1. The number of nitrogens with one attached hydrogen (secondary N) is 2. The predicted molar refractivity (Wildman–Crippen MR) is 76.4 cm³/mol. The molecule has 2 aromatic rings. The minimum Gasteiger partial charge on any atom is -0.450 e. The lowest BCUT2D eigenvalue weighted by atomic mass is 10.3. The van der Waals surface area contributed by atoms with Crippen molar-refractivity contribution in [2.45, 2.75) is 0 Å². The fourth-order valence-corrected chi connectivity index (χ4v) is 1.73. The number of hydrogen-bond acceptors (Lipinski definition) is 3. The Kier molecular flexibility index (Phi) is 4.69. The standard InChI is InChI=1S/C13H10BrF2N3O2/c1-17-13(20)19-11-5-10(7(14)6-18-11)21-12-8(15)3-2-4-9(12)16/h2-6H,1H3,(H2,17,18,19,20). The first-order chi connectivity index (χ1) is 10.0. The molecule has 2 rings (SSSR count). The predicted octanol–water partition coefficient (Wildman–Crippen LogP) is 3.67. The molecule has 0 radical (unpaired) electrons. The van der Waals surface area contributed by atoms with Gasteiger partial charge in [0.2, 0.25) is 0 Å². The van der Waals surface area contributed by atoms with Gasteiger partial charge in [-0.05, 0) is 28.1 Å². The Morgan fingerprint density at radius 3 is 2.62 bits per heavy atom. The zero-order valence-corrected chi connectivity index (χ0v) is 12.4. The van der Waals surface area contributed by atoms with Crippen LogP contribution in [0.25, 0.3) is 0 Å². The Morgan fingerprint density at radius 1 is 1.33 bits per heavy atom. The summed E-state index contributed by atoms with van der Waals surface area (Å²) in [5.74, 6) is -1.92. The molecule has 1 heterocycles. The van der Waals surface area contributed by atoms with E-state index in [1.165, 1.54) is 25.4 Å². The molecule has 1 aromatic carbocycles. The van der Waals surface area contributed by atoms with Crippen LogP contribution < -0.4 is 15.4 Å². The third kappa shape index (κ3) is 3.66. The van der Waals surface area contributed by atoms with Gasteiger partial charge in [-0.15, -0.1) is 0 Å². The van der Waals surface area contributed by atoms with E-state index in [2.05, 4.69) is 31.5 Å². The van der Waals surface area contributed by atoms with Crippen LogP contribution in [-0.2, 0) is 0 Å². The first-order valence-electron chi connectivity index (χ1n) is 5.77. The van der Waals surface area contributed by atoms with Gasteiger partial charge in [0.25, 0.3) is 0 Å². The molecule has 0 bridgehead atoms. The Labute approximate surface area is 127 Å². The fraction of sp³-hybridized carbons (Fsp3) is 0.0769. The van der Waals surface area contributed by atoms with Crippen molar-refractivity contribution >= 4 is 27.8 Å². The zero-order valence-electron chi connectivity index (χ0n) is 10.8. The fourth-order valence-electron chi connectivity index (χ4n) is 1.44. The van der Waals surface area contributed by atoms with Gasteiger partial charge in [0.1, 0.15) is 11.6 Å². The topological polar surface area (TPSA) is 63.2 Å². The molecule has 0 aliphatic heterocycles. The number of hydrogen-bond donors (Lipinski definition) is 2. The number of halogens is 3. The summed E-state index contributed by atoms with van der Waals surface area (Å²) in [6.45, 7) is 0. The van der Waals surface area contributed by atoms with Gasteiger partial charge in [0.05, 0.1) is 4.47 Å². The molecule has 0 saturated carbocycles. The molecular formula is C13H10BrF2N3O2. The van der Waals surface area contributed by atoms with E-state index in [0.29, 0.717) is 4.47 Å². The van der Waals surface area contributed by atoms with Gasteiger partial charge in [-0.1, -0.05) is 6.07 Å². The highest BCUT2D eigenvalue weighted by Crippen LogP contribution is 2.33. The second-order valence-corrected chi connectivity index (χ2v) is 4.71. The number of aromatic nitrogens is 1. The van der Waals surface area contributed by atoms with E-state index in [4.69, 9.17) is 4.74 Å². The number of ether oxygens (including phenoxy) is 1. The normalized spacial score (nSPS) is 10.1. The van der Waals surface area contributed by atoms with E-state index in [1.807, 2.05) is 0 Å². The minimum atomic E-state index is -0.834. The Balaban J connectivity index is 2.31. The smallest absolute Gasteiger partial charge is 0.320 e. The highest BCUT2D eigenvalue weighted by Gasteiger charge is 2.14. The van der Waals surface area contributed by atoms with Crippen molar-refractivity contribution in [2.75, 3.05) is 12.4 Å².